The summed E-state index contributed by atoms with van der Waals surface area (Å²) < 4.78 is 0.960. The standard InChI is InChI=1S/C8H10BrNOS/c1-5(2)10-8(11)7-3-6(9)4-12-7/h3-5H,1-2H3,(H,10,11). The van der Waals surface area contributed by atoms with Crippen molar-refractivity contribution < 1.29 is 4.79 Å². The molecule has 0 saturated carbocycles. The average Bonchev–Trinajstić information content (AvgIpc) is 2.34. The van der Waals surface area contributed by atoms with Crippen molar-refractivity contribution in [1.29, 1.82) is 0 Å². The number of nitrogens with one attached hydrogen (secondary N) is 1. The summed E-state index contributed by atoms with van der Waals surface area (Å²) in [5.74, 6) is 0.000648. The van der Waals surface area contributed by atoms with Crippen LogP contribution in [0.5, 0.6) is 0 Å². The topological polar surface area (TPSA) is 29.1 Å². The second-order valence-corrected chi connectivity index (χ2v) is 4.58. The van der Waals surface area contributed by atoms with Crippen LogP contribution in [0.15, 0.2) is 15.9 Å². The molecule has 2 nitrogen and oxygen atoms in total. The number of hydrogen-bond donors (Lipinski definition) is 1. The molecule has 1 N–H and O–H groups in total. The first-order valence-corrected chi connectivity index (χ1v) is 5.31. The summed E-state index contributed by atoms with van der Waals surface area (Å²) in [4.78, 5) is 12.1. The van der Waals surface area contributed by atoms with E-state index in [9.17, 15) is 4.79 Å². The molecule has 1 amide bonds. The van der Waals surface area contributed by atoms with E-state index in [1.807, 2.05) is 25.3 Å². The maximum Gasteiger partial charge on any atom is 0.261 e. The monoisotopic (exact) mass is 247 g/mol. The predicted molar refractivity (Wildman–Crippen MR) is 54.6 cm³/mol. The van der Waals surface area contributed by atoms with Crippen molar-refractivity contribution in [3.8, 4) is 0 Å². The molecule has 1 aromatic heterocycles. The van der Waals surface area contributed by atoms with Crippen molar-refractivity contribution in [1.82, 2.24) is 5.32 Å². The number of rotatable bonds is 2. The molecule has 1 aromatic rings. The Morgan fingerprint density at radius 1 is 1.67 bits per heavy atom. The molecule has 0 radical (unpaired) electrons. The minimum atomic E-state index is 0.000648. The van der Waals surface area contributed by atoms with Crippen LogP contribution in [0, 0.1) is 0 Å². The van der Waals surface area contributed by atoms with Gasteiger partial charge in [-0.25, -0.2) is 0 Å². The molecule has 0 spiro atoms. The van der Waals surface area contributed by atoms with Gasteiger partial charge in [-0.2, -0.15) is 0 Å². The highest BCUT2D eigenvalue weighted by molar-refractivity contribution is 9.10. The van der Waals surface area contributed by atoms with Gasteiger partial charge in [-0.1, -0.05) is 0 Å². The van der Waals surface area contributed by atoms with Gasteiger partial charge in [0, 0.05) is 15.9 Å². The summed E-state index contributed by atoms with van der Waals surface area (Å²) in [6, 6.07) is 2.01. The van der Waals surface area contributed by atoms with Gasteiger partial charge in [0.15, 0.2) is 0 Å². The molecule has 66 valence electrons. The first-order valence-electron chi connectivity index (χ1n) is 3.64. The van der Waals surface area contributed by atoms with Crippen molar-refractivity contribution in [2.24, 2.45) is 0 Å². The highest BCUT2D eigenvalue weighted by atomic mass is 79.9. The molecule has 4 heteroatoms. The van der Waals surface area contributed by atoms with Gasteiger partial charge in [0.05, 0.1) is 4.88 Å². The fourth-order valence-corrected chi connectivity index (χ4v) is 2.09. The van der Waals surface area contributed by atoms with E-state index in [1.54, 1.807) is 0 Å². The molecular weight excluding hydrogens is 238 g/mol. The smallest absolute Gasteiger partial charge is 0.261 e. The molecule has 0 aromatic carbocycles. The molecule has 0 fully saturated rings. The number of hydrogen-bond acceptors (Lipinski definition) is 2. The van der Waals surface area contributed by atoms with Gasteiger partial charge < -0.3 is 5.32 Å². The maximum absolute atomic E-state index is 11.3. The van der Waals surface area contributed by atoms with Crippen molar-refractivity contribution in [2.75, 3.05) is 0 Å². The van der Waals surface area contributed by atoms with Crippen LogP contribution < -0.4 is 5.32 Å². The van der Waals surface area contributed by atoms with Gasteiger partial charge in [-0.15, -0.1) is 11.3 Å². The van der Waals surface area contributed by atoms with Crippen LogP contribution in [0.1, 0.15) is 23.5 Å². The van der Waals surface area contributed by atoms with Crippen LogP contribution in [0.4, 0.5) is 0 Å². The van der Waals surface area contributed by atoms with Gasteiger partial charge in [-0.05, 0) is 35.8 Å². The fraction of sp³-hybridized carbons (Fsp3) is 0.375. The lowest BCUT2D eigenvalue weighted by Gasteiger charge is -2.05. The maximum atomic E-state index is 11.3. The Kier molecular flexibility index (Phi) is 3.29. The Morgan fingerprint density at radius 3 is 2.75 bits per heavy atom. The zero-order valence-electron chi connectivity index (χ0n) is 6.93. The van der Waals surface area contributed by atoms with E-state index in [2.05, 4.69) is 21.2 Å². The first kappa shape index (κ1) is 9.74. The summed E-state index contributed by atoms with van der Waals surface area (Å²) in [6.07, 6.45) is 0. The molecule has 0 unspecified atom stereocenters. The third kappa shape index (κ3) is 2.60. The zero-order chi connectivity index (χ0) is 9.14. The Labute approximate surface area is 84.1 Å². The van der Waals surface area contributed by atoms with Gasteiger partial charge in [0.25, 0.3) is 5.91 Å². The van der Waals surface area contributed by atoms with Crippen molar-refractivity contribution >= 4 is 33.2 Å². The van der Waals surface area contributed by atoms with Crippen LogP contribution in [-0.4, -0.2) is 11.9 Å². The lowest BCUT2D eigenvalue weighted by Crippen LogP contribution is -2.29. The average molecular weight is 248 g/mol. The van der Waals surface area contributed by atoms with Gasteiger partial charge in [0.1, 0.15) is 0 Å². The Hall–Kier alpha value is -0.350. The number of carbonyl (C=O) groups is 1. The highest BCUT2D eigenvalue weighted by Gasteiger charge is 2.08. The van der Waals surface area contributed by atoms with Crippen LogP contribution in [0.3, 0.4) is 0 Å². The molecular formula is C8H10BrNOS. The van der Waals surface area contributed by atoms with Gasteiger partial charge >= 0.3 is 0 Å². The lowest BCUT2D eigenvalue weighted by molar-refractivity contribution is 0.0947. The molecule has 0 aliphatic rings. The van der Waals surface area contributed by atoms with E-state index >= 15 is 0 Å². The normalized spacial score (nSPS) is 10.3. The Bertz CT molecular complexity index is 282. The van der Waals surface area contributed by atoms with Crippen LogP contribution in [0.25, 0.3) is 0 Å². The van der Waals surface area contributed by atoms with Gasteiger partial charge in [0.2, 0.25) is 0 Å². The molecule has 0 aliphatic carbocycles. The highest BCUT2D eigenvalue weighted by Crippen LogP contribution is 2.19. The van der Waals surface area contributed by atoms with Crippen LogP contribution in [-0.2, 0) is 0 Å². The van der Waals surface area contributed by atoms with E-state index in [1.165, 1.54) is 11.3 Å². The first-order chi connectivity index (χ1) is 5.59. The summed E-state index contributed by atoms with van der Waals surface area (Å²) in [6.45, 7) is 3.89. The minimum absolute atomic E-state index is 0.000648. The summed E-state index contributed by atoms with van der Waals surface area (Å²) in [7, 11) is 0. The predicted octanol–water partition coefficient (Wildman–Crippen LogP) is 2.65. The molecule has 12 heavy (non-hydrogen) atoms. The van der Waals surface area contributed by atoms with Crippen molar-refractivity contribution in [3.05, 3.63) is 20.8 Å². The van der Waals surface area contributed by atoms with E-state index in [0.29, 0.717) is 0 Å². The molecule has 0 atom stereocenters. The second kappa shape index (κ2) is 4.05. The molecule has 0 saturated heterocycles. The van der Waals surface area contributed by atoms with Crippen molar-refractivity contribution in [2.45, 2.75) is 19.9 Å². The number of carbonyl (C=O) groups excluding carboxylic acids is 1. The van der Waals surface area contributed by atoms with Crippen LogP contribution >= 0.6 is 27.3 Å². The lowest BCUT2D eigenvalue weighted by atomic mass is 10.3. The second-order valence-electron chi connectivity index (χ2n) is 2.76. The molecule has 0 bridgehead atoms. The van der Waals surface area contributed by atoms with E-state index < -0.39 is 0 Å². The van der Waals surface area contributed by atoms with Crippen LogP contribution in [0.2, 0.25) is 0 Å². The zero-order valence-corrected chi connectivity index (χ0v) is 9.33. The number of thiophene rings is 1. The summed E-state index contributed by atoms with van der Waals surface area (Å²) in [5, 5.41) is 4.72. The van der Waals surface area contributed by atoms with Crippen molar-refractivity contribution in [3.63, 3.8) is 0 Å². The summed E-state index contributed by atoms with van der Waals surface area (Å²) in [5.41, 5.74) is 0. The Morgan fingerprint density at radius 2 is 2.33 bits per heavy atom. The molecule has 1 rings (SSSR count). The largest absolute Gasteiger partial charge is 0.349 e. The van der Waals surface area contributed by atoms with E-state index in [4.69, 9.17) is 0 Å². The quantitative estimate of drug-likeness (QED) is 0.856. The molecule has 0 aliphatic heterocycles. The number of halogens is 1. The SMILES string of the molecule is CC(C)NC(=O)c1cc(Br)cs1. The number of amides is 1. The molecule has 1 heterocycles. The minimum Gasteiger partial charge on any atom is -0.349 e. The Balaban J connectivity index is 2.65. The summed E-state index contributed by atoms with van der Waals surface area (Å²) >= 11 is 4.74. The fourth-order valence-electron chi connectivity index (χ4n) is 0.765. The van der Waals surface area contributed by atoms with E-state index in [-0.39, 0.29) is 11.9 Å². The third-order valence-corrected chi connectivity index (χ3v) is 2.90. The third-order valence-electron chi connectivity index (χ3n) is 1.21. The van der Waals surface area contributed by atoms with Gasteiger partial charge in [-0.3, -0.25) is 4.79 Å². The van der Waals surface area contributed by atoms with E-state index in [0.717, 1.165) is 9.35 Å².